The third kappa shape index (κ3) is 3.93. The molecule has 2 unspecified atom stereocenters. The van der Waals surface area contributed by atoms with Crippen LogP contribution in [0.2, 0.25) is 0 Å². The summed E-state index contributed by atoms with van der Waals surface area (Å²) in [6.07, 6.45) is 5.84. The van der Waals surface area contributed by atoms with Crippen LogP contribution in [0.1, 0.15) is 37.2 Å². The zero-order chi connectivity index (χ0) is 23.1. The van der Waals surface area contributed by atoms with Crippen molar-refractivity contribution in [3.05, 3.63) is 72.5 Å². The minimum atomic E-state index is -0.522. The van der Waals surface area contributed by atoms with Gasteiger partial charge in [0.15, 0.2) is 0 Å². The van der Waals surface area contributed by atoms with E-state index in [2.05, 4.69) is 29.2 Å². The summed E-state index contributed by atoms with van der Waals surface area (Å²) >= 11 is 0. The highest BCUT2D eigenvalue weighted by atomic mass is 16.5. The molecule has 2 aliphatic heterocycles. The van der Waals surface area contributed by atoms with Crippen molar-refractivity contribution >= 4 is 21.7 Å². The fourth-order valence-electron chi connectivity index (χ4n) is 6.11. The summed E-state index contributed by atoms with van der Waals surface area (Å²) in [5, 5.41) is 14.2. The molecule has 3 heterocycles. The number of piperidine rings is 1. The summed E-state index contributed by atoms with van der Waals surface area (Å²) in [5.41, 5.74) is 2.21. The maximum absolute atomic E-state index is 10.8. The van der Waals surface area contributed by atoms with Crippen LogP contribution in [-0.2, 0) is 0 Å². The number of rotatable bonds is 7. The van der Waals surface area contributed by atoms with Gasteiger partial charge in [-0.05, 0) is 72.9 Å². The molecule has 5 nitrogen and oxygen atoms in total. The lowest BCUT2D eigenvalue weighted by atomic mass is 9.84. The molecule has 3 aromatic carbocycles. The maximum atomic E-state index is 10.8. The lowest BCUT2D eigenvalue weighted by molar-refractivity contribution is 0.0321. The van der Waals surface area contributed by atoms with Crippen molar-refractivity contribution in [2.24, 2.45) is 0 Å². The number of methoxy groups -OCH3 is 1. The SMILES string of the molecule is COc1cccc2ccc(C3CC4CCC(C3)N4C[C@H](O)COc3cccc4occc34)cc12. The first-order valence-electron chi connectivity index (χ1n) is 12.3. The van der Waals surface area contributed by atoms with Gasteiger partial charge in [0.25, 0.3) is 0 Å². The number of hydrogen-bond donors (Lipinski definition) is 1. The van der Waals surface area contributed by atoms with Crippen molar-refractivity contribution in [2.45, 2.75) is 49.8 Å². The quantitative estimate of drug-likeness (QED) is 0.383. The van der Waals surface area contributed by atoms with Gasteiger partial charge in [0.05, 0.1) is 18.8 Å². The van der Waals surface area contributed by atoms with Crippen molar-refractivity contribution in [1.29, 1.82) is 0 Å². The molecule has 0 spiro atoms. The number of ether oxygens (including phenoxy) is 2. The van der Waals surface area contributed by atoms with Crippen LogP contribution in [0.25, 0.3) is 21.7 Å². The van der Waals surface area contributed by atoms with E-state index in [9.17, 15) is 5.11 Å². The Bertz CT molecular complexity index is 1280. The number of aliphatic hydroxyl groups excluding tert-OH is 1. The predicted octanol–water partition coefficient (Wildman–Crippen LogP) is 5.74. The highest BCUT2D eigenvalue weighted by molar-refractivity contribution is 5.89. The van der Waals surface area contributed by atoms with E-state index in [1.54, 1.807) is 13.4 Å². The molecule has 0 aliphatic carbocycles. The minimum absolute atomic E-state index is 0.286. The fraction of sp³-hybridized carbons (Fsp3) is 0.379. The molecular formula is C29H31NO4. The van der Waals surface area contributed by atoms with Gasteiger partial charge < -0.3 is 19.0 Å². The molecule has 2 fully saturated rings. The molecule has 6 rings (SSSR count). The normalized spacial score (nSPS) is 23.4. The third-order valence-corrected chi connectivity index (χ3v) is 7.75. The molecule has 2 bridgehead atoms. The molecule has 0 radical (unpaired) electrons. The summed E-state index contributed by atoms with van der Waals surface area (Å²) in [7, 11) is 1.74. The number of nitrogens with zero attached hydrogens (tertiary/aromatic N) is 1. The van der Waals surface area contributed by atoms with Crippen molar-refractivity contribution in [1.82, 2.24) is 4.90 Å². The smallest absolute Gasteiger partial charge is 0.137 e. The van der Waals surface area contributed by atoms with E-state index in [1.165, 1.54) is 29.2 Å². The number of hydrogen-bond acceptors (Lipinski definition) is 5. The van der Waals surface area contributed by atoms with Crippen molar-refractivity contribution in [3.8, 4) is 11.5 Å². The Balaban J connectivity index is 1.11. The van der Waals surface area contributed by atoms with E-state index < -0.39 is 6.10 Å². The molecular weight excluding hydrogens is 426 g/mol. The highest BCUT2D eigenvalue weighted by Gasteiger charge is 2.41. The molecule has 2 saturated heterocycles. The van der Waals surface area contributed by atoms with E-state index in [4.69, 9.17) is 13.9 Å². The number of benzene rings is 3. The maximum Gasteiger partial charge on any atom is 0.137 e. The Morgan fingerprint density at radius 3 is 2.59 bits per heavy atom. The fourth-order valence-corrected chi connectivity index (χ4v) is 6.11. The molecule has 0 amide bonds. The first-order chi connectivity index (χ1) is 16.7. The highest BCUT2D eigenvalue weighted by Crippen LogP contribution is 2.44. The minimum Gasteiger partial charge on any atom is -0.496 e. The molecule has 1 N–H and O–H groups in total. The van der Waals surface area contributed by atoms with Crippen molar-refractivity contribution in [3.63, 3.8) is 0 Å². The Labute approximate surface area is 199 Å². The standard InChI is InChI=1S/C29H31NO4/c1-32-27-5-2-4-19-8-9-20(16-26(19)27)21-14-22-10-11-23(15-21)30(22)17-24(31)18-34-29-7-3-6-28-25(29)12-13-33-28/h2-9,12-13,16,21-24,31H,10-11,14-15,17-18H2,1H3/t21?,22?,23?,24-/m0/s1. The van der Waals surface area contributed by atoms with Crippen LogP contribution in [0.15, 0.2) is 71.3 Å². The Morgan fingerprint density at radius 1 is 0.971 bits per heavy atom. The molecule has 3 atom stereocenters. The number of aliphatic hydroxyl groups is 1. The van der Waals surface area contributed by atoms with Gasteiger partial charge in [-0.3, -0.25) is 4.90 Å². The third-order valence-electron chi connectivity index (χ3n) is 7.75. The van der Waals surface area contributed by atoms with Crippen LogP contribution < -0.4 is 9.47 Å². The summed E-state index contributed by atoms with van der Waals surface area (Å²) in [5.74, 6) is 2.25. The second-order valence-corrected chi connectivity index (χ2v) is 9.74. The Kier molecular flexibility index (Phi) is 5.67. The van der Waals surface area contributed by atoms with Gasteiger partial charge in [-0.2, -0.15) is 0 Å². The second kappa shape index (κ2) is 8.97. The summed E-state index contributed by atoms with van der Waals surface area (Å²) in [4.78, 5) is 2.53. The van der Waals surface area contributed by atoms with Crippen molar-refractivity contribution < 1.29 is 19.0 Å². The lowest BCUT2D eigenvalue weighted by Crippen LogP contribution is -2.47. The largest absolute Gasteiger partial charge is 0.496 e. The molecule has 2 aliphatic rings. The summed E-state index contributed by atoms with van der Waals surface area (Å²) in [6, 6.07) is 21.8. The van der Waals surface area contributed by atoms with E-state index >= 15 is 0 Å². The van der Waals surface area contributed by atoms with Gasteiger partial charge in [-0.25, -0.2) is 0 Å². The Morgan fingerprint density at radius 2 is 1.76 bits per heavy atom. The lowest BCUT2D eigenvalue weighted by Gasteiger charge is -2.40. The van der Waals surface area contributed by atoms with Crippen LogP contribution in [0.3, 0.4) is 0 Å². The number of fused-ring (bicyclic) bond motifs is 4. The predicted molar refractivity (Wildman–Crippen MR) is 134 cm³/mol. The zero-order valence-electron chi connectivity index (χ0n) is 19.5. The van der Waals surface area contributed by atoms with Crippen LogP contribution >= 0.6 is 0 Å². The second-order valence-electron chi connectivity index (χ2n) is 9.74. The summed E-state index contributed by atoms with van der Waals surface area (Å²) < 4.78 is 17.0. The van der Waals surface area contributed by atoms with E-state index in [-0.39, 0.29) is 6.61 Å². The molecule has 0 saturated carbocycles. The number of furan rings is 1. The Hall–Kier alpha value is -3.02. The monoisotopic (exact) mass is 457 g/mol. The molecule has 34 heavy (non-hydrogen) atoms. The van der Waals surface area contributed by atoms with E-state index in [1.807, 2.05) is 36.4 Å². The zero-order valence-corrected chi connectivity index (χ0v) is 19.5. The first kappa shape index (κ1) is 21.5. The average Bonchev–Trinajstić information content (AvgIpc) is 3.43. The molecule has 4 aromatic rings. The van der Waals surface area contributed by atoms with Gasteiger partial charge in [-0.15, -0.1) is 0 Å². The van der Waals surface area contributed by atoms with Gasteiger partial charge in [-0.1, -0.05) is 30.3 Å². The van der Waals surface area contributed by atoms with Crippen LogP contribution in [0, 0.1) is 0 Å². The molecule has 5 heteroatoms. The molecule has 1 aromatic heterocycles. The average molecular weight is 458 g/mol. The molecule has 176 valence electrons. The topological polar surface area (TPSA) is 55.1 Å². The van der Waals surface area contributed by atoms with Crippen LogP contribution in [-0.4, -0.2) is 48.5 Å². The van der Waals surface area contributed by atoms with Gasteiger partial charge in [0, 0.05) is 24.0 Å². The van der Waals surface area contributed by atoms with Gasteiger partial charge >= 0.3 is 0 Å². The van der Waals surface area contributed by atoms with Crippen molar-refractivity contribution in [2.75, 3.05) is 20.3 Å². The first-order valence-corrected chi connectivity index (χ1v) is 12.3. The van der Waals surface area contributed by atoms with Gasteiger partial charge in [0.1, 0.15) is 29.8 Å². The summed E-state index contributed by atoms with van der Waals surface area (Å²) in [6.45, 7) is 0.948. The van der Waals surface area contributed by atoms with Crippen LogP contribution in [0.5, 0.6) is 11.5 Å². The van der Waals surface area contributed by atoms with Gasteiger partial charge in [0.2, 0.25) is 0 Å². The van der Waals surface area contributed by atoms with E-state index in [0.717, 1.165) is 35.3 Å². The van der Waals surface area contributed by atoms with E-state index in [0.29, 0.717) is 24.5 Å². The van der Waals surface area contributed by atoms with Crippen LogP contribution in [0.4, 0.5) is 0 Å².